The number of carbonyl (C=O) groups excluding carboxylic acids is 1. The molecule has 0 atom stereocenters. The van der Waals surface area contributed by atoms with Gasteiger partial charge in [-0.05, 0) is 37.6 Å². The number of rotatable bonds is 4. The van der Waals surface area contributed by atoms with Crippen LogP contribution in [-0.2, 0) is 11.3 Å². The van der Waals surface area contributed by atoms with E-state index < -0.39 is 0 Å². The van der Waals surface area contributed by atoms with Gasteiger partial charge < -0.3 is 9.30 Å². The molecule has 0 fully saturated rings. The van der Waals surface area contributed by atoms with E-state index in [4.69, 9.17) is 16.3 Å². The first kappa shape index (κ1) is 15.3. The van der Waals surface area contributed by atoms with E-state index >= 15 is 0 Å². The van der Waals surface area contributed by atoms with Crippen molar-refractivity contribution in [1.82, 2.24) is 4.57 Å². The van der Waals surface area contributed by atoms with Crippen LogP contribution in [0.3, 0.4) is 0 Å². The molecule has 21 heavy (non-hydrogen) atoms. The average molecular weight is 306 g/mol. The molecule has 1 heterocycles. The van der Waals surface area contributed by atoms with Crippen LogP contribution >= 0.6 is 11.6 Å². The Kier molecular flexibility index (Phi) is 4.81. The first-order valence-corrected chi connectivity index (χ1v) is 6.99. The van der Waals surface area contributed by atoms with Crippen molar-refractivity contribution in [1.29, 1.82) is 0 Å². The quantitative estimate of drug-likeness (QED) is 0.815. The number of ether oxygens (including phenoxy) is 1. The standard InChI is InChI=1S/C16H16ClNO3/c1-11(2)21-16(20)13-5-3-12(4-6-13)9-18-10-14(17)7-8-15(18)19/h3-8,10-11H,9H2,1-2H3. The molecule has 0 aliphatic rings. The Bertz CT molecular complexity index is 689. The molecule has 0 bridgehead atoms. The maximum absolute atomic E-state index is 11.7. The normalized spacial score (nSPS) is 10.7. The molecule has 0 aliphatic carbocycles. The minimum absolute atomic E-state index is 0.123. The number of halogens is 1. The lowest BCUT2D eigenvalue weighted by atomic mass is 10.1. The van der Waals surface area contributed by atoms with Crippen LogP contribution in [0.25, 0.3) is 0 Å². The zero-order valence-electron chi connectivity index (χ0n) is 11.9. The van der Waals surface area contributed by atoms with Gasteiger partial charge in [-0.1, -0.05) is 23.7 Å². The minimum atomic E-state index is -0.350. The van der Waals surface area contributed by atoms with Crippen molar-refractivity contribution in [3.63, 3.8) is 0 Å². The van der Waals surface area contributed by atoms with Gasteiger partial charge in [0.1, 0.15) is 0 Å². The minimum Gasteiger partial charge on any atom is -0.459 e. The summed E-state index contributed by atoms with van der Waals surface area (Å²) in [6.45, 7) is 4.01. The van der Waals surface area contributed by atoms with Crippen LogP contribution in [-0.4, -0.2) is 16.6 Å². The van der Waals surface area contributed by atoms with Crippen molar-refractivity contribution in [2.24, 2.45) is 0 Å². The van der Waals surface area contributed by atoms with Crippen LogP contribution in [0.5, 0.6) is 0 Å². The Morgan fingerprint density at radius 3 is 2.48 bits per heavy atom. The van der Waals surface area contributed by atoms with Crippen LogP contribution in [0, 0.1) is 0 Å². The van der Waals surface area contributed by atoms with Crippen molar-refractivity contribution in [3.05, 3.63) is 69.1 Å². The Balaban J connectivity index is 2.14. The zero-order chi connectivity index (χ0) is 15.4. The average Bonchev–Trinajstić information content (AvgIpc) is 2.43. The molecule has 2 aromatic rings. The molecule has 5 heteroatoms. The Morgan fingerprint density at radius 2 is 1.86 bits per heavy atom. The summed E-state index contributed by atoms with van der Waals surface area (Å²) >= 11 is 5.88. The van der Waals surface area contributed by atoms with Crippen molar-refractivity contribution >= 4 is 17.6 Å². The van der Waals surface area contributed by atoms with Gasteiger partial charge in [0.05, 0.1) is 23.2 Å². The molecular formula is C16H16ClNO3. The van der Waals surface area contributed by atoms with E-state index in [1.165, 1.54) is 10.6 Å². The van der Waals surface area contributed by atoms with E-state index in [9.17, 15) is 9.59 Å². The Morgan fingerprint density at radius 1 is 1.19 bits per heavy atom. The number of nitrogens with zero attached hydrogens (tertiary/aromatic N) is 1. The summed E-state index contributed by atoms with van der Waals surface area (Å²) in [7, 11) is 0. The van der Waals surface area contributed by atoms with Gasteiger partial charge in [0.15, 0.2) is 0 Å². The largest absolute Gasteiger partial charge is 0.459 e. The third kappa shape index (κ3) is 4.20. The van der Waals surface area contributed by atoms with E-state index in [1.54, 1.807) is 50.4 Å². The maximum Gasteiger partial charge on any atom is 0.338 e. The van der Waals surface area contributed by atoms with Crippen molar-refractivity contribution in [2.45, 2.75) is 26.5 Å². The number of hydrogen-bond donors (Lipinski definition) is 0. The van der Waals surface area contributed by atoms with Crippen molar-refractivity contribution in [3.8, 4) is 0 Å². The molecule has 4 nitrogen and oxygen atoms in total. The first-order valence-electron chi connectivity index (χ1n) is 6.61. The zero-order valence-corrected chi connectivity index (χ0v) is 12.6. The smallest absolute Gasteiger partial charge is 0.338 e. The predicted molar refractivity (Wildman–Crippen MR) is 81.8 cm³/mol. The lowest BCUT2D eigenvalue weighted by Crippen LogP contribution is -2.18. The number of benzene rings is 1. The van der Waals surface area contributed by atoms with Gasteiger partial charge in [0, 0.05) is 12.3 Å². The van der Waals surface area contributed by atoms with Crippen LogP contribution in [0.4, 0.5) is 0 Å². The SMILES string of the molecule is CC(C)OC(=O)c1ccc(Cn2cc(Cl)ccc2=O)cc1. The number of aromatic nitrogens is 1. The van der Waals surface area contributed by atoms with Gasteiger partial charge in [0.2, 0.25) is 0 Å². The van der Waals surface area contributed by atoms with Crippen LogP contribution in [0.15, 0.2) is 47.4 Å². The van der Waals surface area contributed by atoms with Gasteiger partial charge in [-0.15, -0.1) is 0 Å². The molecular weight excluding hydrogens is 290 g/mol. The highest BCUT2D eigenvalue weighted by molar-refractivity contribution is 6.30. The monoisotopic (exact) mass is 305 g/mol. The van der Waals surface area contributed by atoms with Crippen LogP contribution in [0.1, 0.15) is 29.8 Å². The van der Waals surface area contributed by atoms with E-state index in [1.807, 2.05) is 0 Å². The fraction of sp³-hybridized carbons (Fsp3) is 0.250. The fourth-order valence-electron chi connectivity index (χ4n) is 1.85. The summed E-state index contributed by atoms with van der Waals surface area (Å²) in [5, 5.41) is 0.506. The topological polar surface area (TPSA) is 48.3 Å². The lowest BCUT2D eigenvalue weighted by Gasteiger charge is -2.09. The summed E-state index contributed by atoms with van der Waals surface area (Å²) in [6.07, 6.45) is 1.44. The van der Waals surface area contributed by atoms with E-state index in [-0.39, 0.29) is 17.6 Å². The van der Waals surface area contributed by atoms with E-state index in [0.717, 1.165) is 5.56 Å². The molecule has 0 saturated carbocycles. The second-order valence-electron chi connectivity index (χ2n) is 4.96. The highest BCUT2D eigenvalue weighted by atomic mass is 35.5. The summed E-state index contributed by atoms with van der Waals surface area (Å²) < 4.78 is 6.64. The molecule has 0 amide bonds. The number of pyridine rings is 1. The first-order chi connectivity index (χ1) is 9.95. The predicted octanol–water partition coefficient (Wildman–Crippen LogP) is 3.12. The highest BCUT2D eigenvalue weighted by Gasteiger charge is 2.09. The van der Waals surface area contributed by atoms with Gasteiger partial charge in [-0.2, -0.15) is 0 Å². The highest BCUT2D eigenvalue weighted by Crippen LogP contribution is 2.10. The molecule has 0 saturated heterocycles. The molecule has 110 valence electrons. The molecule has 0 spiro atoms. The third-order valence-electron chi connectivity index (χ3n) is 2.83. The Labute approximate surface area is 127 Å². The summed E-state index contributed by atoms with van der Waals surface area (Å²) in [6, 6.07) is 9.96. The molecule has 2 rings (SSSR count). The number of carbonyl (C=O) groups is 1. The molecule has 0 N–H and O–H groups in total. The number of esters is 1. The van der Waals surface area contributed by atoms with E-state index in [0.29, 0.717) is 17.1 Å². The van der Waals surface area contributed by atoms with Crippen LogP contribution in [0.2, 0.25) is 5.02 Å². The fourth-order valence-corrected chi connectivity index (χ4v) is 2.03. The van der Waals surface area contributed by atoms with E-state index in [2.05, 4.69) is 0 Å². The van der Waals surface area contributed by atoms with Gasteiger partial charge in [-0.25, -0.2) is 4.79 Å². The van der Waals surface area contributed by atoms with Crippen molar-refractivity contribution in [2.75, 3.05) is 0 Å². The summed E-state index contributed by atoms with van der Waals surface area (Å²) in [5.74, 6) is -0.350. The molecule has 0 radical (unpaired) electrons. The lowest BCUT2D eigenvalue weighted by molar-refractivity contribution is 0.0378. The van der Waals surface area contributed by atoms with Gasteiger partial charge >= 0.3 is 5.97 Å². The van der Waals surface area contributed by atoms with Crippen LogP contribution < -0.4 is 5.56 Å². The van der Waals surface area contributed by atoms with Gasteiger partial charge in [0.25, 0.3) is 5.56 Å². The Hall–Kier alpha value is -2.07. The second-order valence-corrected chi connectivity index (χ2v) is 5.40. The molecule has 0 aliphatic heterocycles. The maximum atomic E-state index is 11.7. The van der Waals surface area contributed by atoms with Crippen molar-refractivity contribution < 1.29 is 9.53 Å². The summed E-state index contributed by atoms with van der Waals surface area (Å²) in [4.78, 5) is 23.4. The molecule has 1 aromatic heterocycles. The third-order valence-corrected chi connectivity index (χ3v) is 3.06. The van der Waals surface area contributed by atoms with Gasteiger partial charge in [-0.3, -0.25) is 4.79 Å². The molecule has 1 aromatic carbocycles. The second kappa shape index (κ2) is 6.59. The number of hydrogen-bond acceptors (Lipinski definition) is 3. The summed E-state index contributed by atoms with van der Waals surface area (Å²) in [5.41, 5.74) is 1.27. The molecule has 0 unspecified atom stereocenters.